The molecular formula is C20H26N4O4S. The van der Waals surface area contributed by atoms with Gasteiger partial charge in [0.15, 0.2) is 0 Å². The summed E-state index contributed by atoms with van der Waals surface area (Å²) in [5, 5.41) is 10.7. The number of likely N-dealkylation sites (N-methyl/N-ethyl adjacent to an activating group) is 1. The minimum absolute atomic E-state index is 0.0126. The Morgan fingerprint density at radius 3 is 2.24 bits per heavy atom. The van der Waals surface area contributed by atoms with Gasteiger partial charge < -0.3 is 4.90 Å². The van der Waals surface area contributed by atoms with Crippen molar-refractivity contribution in [1.29, 1.82) is 0 Å². The Balaban J connectivity index is 1.93. The third-order valence-corrected chi connectivity index (χ3v) is 5.98. The van der Waals surface area contributed by atoms with Gasteiger partial charge in [-0.1, -0.05) is 26.0 Å². The Morgan fingerprint density at radius 1 is 1.14 bits per heavy atom. The van der Waals surface area contributed by atoms with Gasteiger partial charge in [0, 0.05) is 32.3 Å². The van der Waals surface area contributed by atoms with Gasteiger partial charge in [-0.15, -0.1) is 0 Å². The third-order valence-electron chi connectivity index (χ3n) is 4.50. The summed E-state index contributed by atoms with van der Waals surface area (Å²) in [6.45, 7) is 6.73. The van der Waals surface area contributed by atoms with Crippen molar-refractivity contribution in [3.8, 4) is 0 Å². The first-order chi connectivity index (χ1) is 13.6. The molecule has 1 N–H and O–H groups in total. The molecule has 0 aliphatic rings. The van der Waals surface area contributed by atoms with E-state index >= 15 is 0 Å². The van der Waals surface area contributed by atoms with Crippen LogP contribution in [0.15, 0.2) is 58.4 Å². The second-order valence-electron chi connectivity index (χ2n) is 6.98. The van der Waals surface area contributed by atoms with Crippen molar-refractivity contribution in [1.82, 2.24) is 9.62 Å². The van der Waals surface area contributed by atoms with E-state index in [-0.39, 0.29) is 17.1 Å². The maximum absolute atomic E-state index is 12.3. The van der Waals surface area contributed by atoms with Gasteiger partial charge in [-0.3, -0.25) is 10.1 Å². The van der Waals surface area contributed by atoms with E-state index in [1.807, 2.05) is 31.0 Å². The van der Waals surface area contributed by atoms with Crippen molar-refractivity contribution in [2.24, 2.45) is 4.99 Å². The lowest BCUT2D eigenvalue weighted by molar-refractivity contribution is -0.384. The maximum atomic E-state index is 12.3. The van der Waals surface area contributed by atoms with E-state index in [4.69, 9.17) is 0 Å². The highest BCUT2D eigenvalue weighted by atomic mass is 32.2. The summed E-state index contributed by atoms with van der Waals surface area (Å²) >= 11 is 0. The fourth-order valence-corrected chi connectivity index (χ4v) is 3.57. The Labute approximate surface area is 171 Å². The number of non-ortho nitro benzene ring substituents is 1. The quantitative estimate of drug-likeness (QED) is 0.305. The molecule has 0 amide bonds. The van der Waals surface area contributed by atoms with Gasteiger partial charge in [0.2, 0.25) is 10.0 Å². The van der Waals surface area contributed by atoms with Crippen molar-refractivity contribution < 1.29 is 13.3 Å². The van der Waals surface area contributed by atoms with Crippen LogP contribution >= 0.6 is 0 Å². The Hall–Kier alpha value is -2.78. The summed E-state index contributed by atoms with van der Waals surface area (Å²) in [7, 11) is -1.90. The highest BCUT2D eigenvalue weighted by molar-refractivity contribution is 7.89. The zero-order chi connectivity index (χ0) is 21.6. The van der Waals surface area contributed by atoms with Crippen molar-refractivity contribution in [3.63, 3.8) is 0 Å². The van der Waals surface area contributed by atoms with Crippen LogP contribution < -0.4 is 4.72 Å². The number of amidine groups is 1. The molecule has 0 saturated carbocycles. The molecule has 0 atom stereocenters. The van der Waals surface area contributed by atoms with E-state index in [1.165, 1.54) is 29.8 Å². The van der Waals surface area contributed by atoms with Crippen LogP contribution in [-0.2, 0) is 10.0 Å². The number of benzene rings is 2. The summed E-state index contributed by atoms with van der Waals surface area (Å²) in [4.78, 5) is 16.5. The van der Waals surface area contributed by atoms with Crippen molar-refractivity contribution in [3.05, 3.63) is 64.2 Å². The monoisotopic (exact) mass is 418 g/mol. The highest BCUT2D eigenvalue weighted by Gasteiger charge is 2.15. The van der Waals surface area contributed by atoms with E-state index in [0.717, 1.165) is 11.5 Å². The van der Waals surface area contributed by atoms with Crippen LogP contribution in [-0.4, -0.2) is 44.2 Å². The molecule has 29 heavy (non-hydrogen) atoms. The summed E-state index contributed by atoms with van der Waals surface area (Å²) in [5.74, 6) is 1.22. The summed E-state index contributed by atoms with van der Waals surface area (Å²) in [5.41, 5.74) is 1.93. The lowest BCUT2D eigenvalue weighted by atomic mass is 10.0. The minimum atomic E-state index is -3.74. The number of aliphatic imine (C=N–C) groups is 1. The molecule has 2 rings (SSSR count). The van der Waals surface area contributed by atoms with Gasteiger partial charge in [0.1, 0.15) is 5.84 Å². The van der Waals surface area contributed by atoms with Crippen molar-refractivity contribution >= 4 is 27.2 Å². The van der Waals surface area contributed by atoms with Gasteiger partial charge in [-0.05, 0) is 42.7 Å². The first-order valence-corrected chi connectivity index (χ1v) is 10.7. The van der Waals surface area contributed by atoms with Crippen LogP contribution in [0.3, 0.4) is 0 Å². The van der Waals surface area contributed by atoms with Crippen LogP contribution in [0.1, 0.15) is 32.3 Å². The number of nitrogens with one attached hydrogen (secondary N) is 1. The fraction of sp³-hybridized carbons (Fsp3) is 0.350. The molecule has 0 aromatic heterocycles. The molecule has 0 unspecified atom stereocenters. The molecule has 8 nitrogen and oxygen atoms in total. The van der Waals surface area contributed by atoms with E-state index in [0.29, 0.717) is 12.5 Å². The standard InChI is InChI=1S/C20H26N4O4S/c1-15(2)17-5-7-18(8-6-17)22-16(3)23(4)14-13-21-29(27,28)20-11-9-19(10-12-20)24(25)26/h5-12,15,21H,13-14H2,1-4H3. The first kappa shape index (κ1) is 22.5. The molecule has 0 bridgehead atoms. The number of hydrogen-bond acceptors (Lipinski definition) is 5. The van der Waals surface area contributed by atoms with E-state index in [1.54, 1.807) is 0 Å². The van der Waals surface area contributed by atoms with Crippen LogP contribution in [0.25, 0.3) is 0 Å². The molecule has 0 heterocycles. The zero-order valence-electron chi connectivity index (χ0n) is 17.0. The van der Waals surface area contributed by atoms with Crippen molar-refractivity contribution in [2.45, 2.75) is 31.6 Å². The average molecular weight is 419 g/mol. The number of nitro groups is 1. The second kappa shape index (κ2) is 9.62. The second-order valence-corrected chi connectivity index (χ2v) is 8.74. The summed E-state index contributed by atoms with van der Waals surface area (Å²) in [6, 6.07) is 12.8. The predicted octanol–water partition coefficient (Wildman–Crippen LogP) is 3.68. The molecular weight excluding hydrogens is 392 g/mol. The number of sulfonamides is 1. The summed E-state index contributed by atoms with van der Waals surface area (Å²) in [6.07, 6.45) is 0. The fourth-order valence-electron chi connectivity index (χ4n) is 2.55. The molecule has 0 aliphatic carbocycles. The molecule has 0 spiro atoms. The number of rotatable bonds is 8. The van der Waals surface area contributed by atoms with Gasteiger partial charge in [-0.2, -0.15) is 0 Å². The molecule has 9 heteroatoms. The smallest absolute Gasteiger partial charge is 0.269 e. The average Bonchev–Trinajstić information content (AvgIpc) is 2.68. The minimum Gasteiger partial charge on any atom is -0.362 e. The Kier molecular flexibility index (Phi) is 7.46. The zero-order valence-corrected chi connectivity index (χ0v) is 17.8. The predicted molar refractivity (Wildman–Crippen MR) is 114 cm³/mol. The lowest BCUT2D eigenvalue weighted by Crippen LogP contribution is -2.35. The Bertz CT molecular complexity index is 969. The summed E-state index contributed by atoms with van der Waals surface area (Å²) < 4.78 is 27.1. The molecule has 0 radical (unpaired) electrons. The van der Waals surface area contributed by atoms with Crippen LogP contribution in [0.2, 0.25) is 0 Å². The van der Waals surface area contributed by atoms with E-state index < -0.39 is 14.9 Å². The molecule has 2 aromatic rings. The molecule has 0 fully saturated rings. The van der Waals surface area contributed by atoms with Crippen molar-refractivity contribution in [2.75, 3.05) is 20.1 Å². The van der Waals surface area contributed by atoms with Gasteiger partial charge in [-0.25, -0.2) is 18.1 Å². The first-order valence-electron chi connectivity index (χ1n) is 9.20. The molecule has 156 valence electrons. The van der Waals surface area contributed by atoms with Crippen LogP contribution in [0, 0.1) is 10.1 Å². The van der Waals surface area contributed by atoms with E-state index in [2.05, 4.69) is 35.7 Å². The largest absolute Gasteiger partial charge is 0.362 e. The lowest BCUT2D eigenvalue weighted by Gasteiger charge is -2.19. The van der Waals surface area contributed by atoms with Gasteiger partial charge in [0.05, 0.1) is 15.5 Å². The highest BCUT2D eigenvalue weighted by Crippen LogP contribution is 2.19. The topological polar surface area (TPSA) is 105 Å². The van der Waals surface area contributed by atoms with Gasteiger partial charge >= 0.3 is 0 Å². The number of nitrogens with zero attached hydrogens (tertiary/aromatic N) is 3. The van der Waals surface area contributed by atoms with Crippen LogP contribution in [0.5, 0.6) is 0 Å². The van der Waals surface area contributed by atoms with Crippen LogP contribution in [0.4, 0.5) is 11.4 Å². The van der Waals surface area contributed by atoms with E-state index in [9.17, 15) is 18.5 Å². The molecule has 2 aromatic carbocycles. The molecule has 0 saturated heterocycles. The number of nitro benzene ring substituents is 1. The maximum Gasteiger partial charge on any atom is 0.269 e. The molecule has 0 aliphatic heterocycles. The third kappa shape index (κ3) is 6.37. The Morgan fingerprint density at radius 2 is 1.72 bits per heavy atom. The normalized spacial score (nSPS) is 12.2. The van der Waals surface area contributed by atoms with Gasteiger partial charge in [0.25, 0.3) is 5.69 Å². The number of hydrogen-bond donors (Lipinski definition) is 1. The SMILES string of the molecule is CC(=Nc1ccc(C(C)C)cc1)N(C)CCNS(=O)(=O)c1ccc([N+](=O)[O-])cc1.